The van der Waals surface area contributed by atoms with E-state index in [2.05, 4.69) is 25.3 Å². The van der Waals surface area contributed by atoms with Crippen LogP contribution in [0.4, 0.5) is 11.5 Å². The lowest BCUT2D eigenvalue weighted by Crippen LogP contribution is -2.41. The van der Waals surface area contributed by atoms with E-state index in [1.807, 2.05) is 45.9 Å². The molecule has 45 heavy (non-hydrogen) atoms. The molecule has 0 bridgehead atoms. The van der Waals surface area contributed by atoms with Gasteiger partial charge in [-0.1, -0.05) is 38.1 Å². The number of nitrogens with one attached hydrogen (secondary N) is 2. The molecule has 1 amide bonds. The van der Waals surface area contributed by atoms with Crippen molar-refractivity contribution in [2.75, 3.05) is 37.1 Å². The molecule has 1 saturated carbocycles. The van der Waals surface area contributed by atoms with E-state index >= 15 is 0 Å². The van der Waals surface area contributed by atoms with Gasteiger partial charge in [0.05, 0.1) is 32.4 Å². The van der Waals surface area contributed by atoms with E-state index < -0.39 is 21.5 Å². The summed E-state index contributed by atoms with van der Waals surface area (Å²) in [6, 6.07) is 5.60. The van der Waals surface area contributed by atoms with Gasteiger partial charge in [0, 0.05) is 35.9 Å². The number of aromatic nitrogens is 4. The molecule has 12 nitrogen and oxygen atoms in total. The van der Waals surface area contributed by atoms with Crippen molar-refractivity contribution >= 4 is 27.4 Å². The Hall–Kier alpha value is -4.39. The van der Waals surface area contributed by atoms with Crippen molar-refractivity contribution < 1.29 is 22.7 Å². The van der Waals surface area contributed by atoms with E-state index in [9.17, 15) is 13.2 Å². The van der Waals surface area contributed by atoms with Crippen LogP contribution >= 0.6 is 0 Å². The number of ether oxygens (including phenoxy) is 2. The van der Waals surface area contributed by atoms with Gasteiger partial charge >= 0.3 is 0 Å². The molecule has 1 atom stereocenters. The van der Waals surface area contributed by atoms with Crippen LogP contribution in [-0.2, 0) is 25.8 Å². The average Bonchev–Trinajstić information content (AvgIpc) is 3.67. The van der Waals surface area contributed by atoms with Gasteiger partial charge in [-0.15, -0.1) is 5.10 Å². The van der Waals surface area contributed by atoms with Crippen LogP contribution in [0.25, 0.3) is 11.3 Å². The first-order valence-electron chi connectivity index (χ1n) is 14.8. The Morgan fingerprint density at radius 1 is 1.16 bits per heavy atom. The van der Waals surface area contributed by atoms with Crippen molar-refractivity contribution in [1.29, 1.82) is 0 Å². The van der Waals surface area contributed by atoms with Crippen LogP contribution in [0.5, 0.6) is 11.5 Å². The summed E-state index contributed by atoms with van der Waals surface area (Å²) in [6.07, 6.45) is 10.7. The SMILES string of the molecule is COc1cc(-c2cn(C3(c4cc(C(C)(C)C)cc(NS(C)(=O)=O)c4OC)CC(C(N)=O)=CC=C3C)nn2)cnc1NCC1CC1. The highest BCUT2D eigenvalue weighted by Crippen LogP contribution is 2.49. The number of hydrogen-bond acceptors (Lipinski definition) is 9. The molecule has 0 saturated heterocycles. The number of benzene rings is 1. The van der Waals surface area contributed by atoms with Crippen LogP contribution in [-0.4, -0.2) is 61.3 Å². The summed E-state index contributed by atoms with van der Waals surface area (Å²) in [5, 5.41) is 12.5. The molecule has 1 aromatic carbocycles. The van der Waals surface area contributed by atoms with Gasteiger partial charge in [0.25, 0.3) is 0 Å². The number of nitrogens with zero attached hydrogens (tertiary/aromatic N) is 4. The number of sulfonamides is 1. The Morgan fingerprint density at radius 2 is 1.89 bits per heavy atom. The molecule has 5 rings (SSSR count). The number of carbonyl (C=O) groups excluding carboxylic acids is 1. The van der Waals surface area contributed by atoms with Crippen molar-refractivity contribution in [2.24, 2.45) is 11.7 Å². The molecule has 2 aromatic heterocycles. The van der Waals surface area contributed by atoms with Crippen molar-refractivity contribution in [3.63, 3.8) is 0 Å². The molecule has 1 fully saturated rings. The van der Waals surface area contributed by atoms with Gasteiger partial charge in [-0.05, 0) is 60.4 Å². The van der Waals surface area contributed by atoms with Gasteiger partial charge < -0.3 is 20.5 Å². The number of hydrogen-bond donors (Lipinski definition) is 3. The number of primary amides is 1. The summed E-state index contributed by atoms with van der Waals surface area (Å²) < 4.78 is 40.9. The van der Waals surface area contributed by atoms with Gasteiger partial charge in [0.15, 0.2) is 11.6 Å². The molecule has 2 aliphatic carbocycles. The fourth-order valence-corrected chi connectivity index (χ4v) is 6.13. The second-order valence-electron chi connectivity index (χ2n) is 12.8. The Morgan fingerprint density at radius 3 is 2.49 bits per heavy atom. The third kappa shape index (κ3) is 6.53. The number of pyridine rings is 1. The number of rotatable bonds is 11. The van der Waals surface area contributed by atoms with Crippen LogP contribution in [0.1, 0.15) is 58.1 Å². The fraction of sp³-hybridized carbons (Fsp3) is 0.438. The summed E-state index contributed by atoms with van der Waals surface area (Å²) in [7, 11) is -0.602. The quantitative estimate of drug-likeness (QED) is 0.278. The molecule has 1 unspecified atom stereocenters. The van der Waals surface area contributed by atoms with Crippen LogP contribution in [0, 0.1) is 5.92 Å². The van der Waals surface area contributed by atoms with Crippen molar-refractivity contribution in [1.82, 2.24) is 20.0 Å². The largest absolute Gasteiger partial charge is 0.494 e. The molecule has 0 spiro atoms. The number of nitrogens with two attached hydrogens (primary N) is 1. The third-order valence-electron chi connectivity index (χ3n) is 8.36. The summed E-state index contributed by atoms with van der Waals surface area (Å²) in [6.45, 7) is 8.86. The molecule has 240 valence electrons. The summed E-state index contributed by atoms with van der Waals surface area (Å²) in [5.74, 6) is 1.63. The maximum absolute atomic E-state index is 12.6. The van der Waals surface area contributed by atoms with Crippen molar-refractivity contribution in [3.8, 4) is 22.8 Å². The molecular formula is C32H41N7O5S. The van der Waals surface area contributed by atoms with Crippen LogP contribution < -0.4 is 25.2 Å². The zero-order valence-electron chi connectivity index (χ0n) is 26.8. The Bertz CT molecular complexity index is 1800. The first-order chi connectivity index (χ1) is 21.2. The standard InChI is InChI=1S/C32H41N7O5S/c1-19-8-11-21(29(33)40)15-32(19,24-13-23(31(2,3)4)14-25(28(24)44-6)37-45(7,41)42)39-18-26(36-38-39)22-12-27(43-5)30(35-17-22)34-16-20-9-10-20/h8,11-14,17-18,20,37H,9-10,15-16H2,1-7H3,(H2,33,40)(H,34,35). The first-order valence-corrected chi connectivity index (χ1v) is 16.6. The topological polar surface area (TPSA) is 163 Å². The smallest absolute Gasteiger partial charge is 0.244 e. The van der Waals surface area contributed by atoms with Crippen molar-refractivity contribution in [2.45, 2.75) is 57.9 Å². The highest BCUT2D eigenvalue weighted by Gasteiger charge is 2.44. The van der Waals surface area contributed by atoms with Gasteiger partial charge in [0.1, 0.15) is 17.0 Å². The highest BCUT2D eigenvalue weighted by molar-refractivity contribution is 7.92. The lowest BCUT2D eigenvalue weighted by molar-refractivity contribution is -0.114. The second kappa shape index (κ2) is 11.8. The molecule has 0 aliphatic heterocycles. The zero-order valence-corrected chi connectivity index (χ0v) is 27.6. The van der Waals surface area contributed by atoms with Crippen LogP contribution in [0.2, 0.25) is 0 Å². The van der Waals surface area contributed by atoms with Gasteiger partial charge in [-0.25, -0.2) is 18.1 Å². The number of amides is 1. The lowest BCUT2D eigenvalue weighted by Gasteiger charge is -2.39. The summed E-state index contributed by atoms with van der Waals surface area (Å²) in [5.41, 5.74) is 8.39. The monoisotopic (exact) mass is 635 g/mol. The number of methoxy groups -OCH3 is 2. The Kier molecular flexibility index (Phi) is 8.43. The minimum absolute atomic E-state index is 0.126. The number of allylic oxidation sites excluding steroid dienone is 3. The average molecular weight is 636 g/mol. The van der Waals surface area contributed by atoms with Gasteiger partial charge in [0.2, 0.25) is 15.9 Å². The van der Waals surface area contributed by atoms with E-state index in [-0.39, 0.29) is 17.5 Å². The minimum Gasteiger partial charge on any atom is -0.494 e. The lowest BCUT2D eigenvalue weighted by atomic mass is 9.72. The van der Waals surface area contributed by atoms with Crippen LogP contribution in [0.3, 0.4) is 0 Å². The van der Waals surface area contributed by atoms with Gasteiger partial charge in [-0.3, -0.25) is 9.52 Å². The predicted octanol–water partition coefficient (Wildman–Crippen LogP) is 4.35. The summed E-state index contributed by atoms with van der Waals surface area (Å²) >= 11 is 0. The van der Waals surface area contributed by atoms with E-state index in [1.165, 1.54) is 20.0 Å². The predicted molar refractivity (Wildman–Crippen MR) is 174 cm³/mol. The van der Waals surface area contributed by atoms with E-state index in [4.69, 9.17) is 15.2 Å². The molecule has 13 heteroatoms. The van der Waals surface area contributed by atoms with Gasteiger partial charge in [-0.2, -0.15) is 0 Å². The minimum atomic E-state index is -3.68. The summed E-state index contributed by atoms with van der Waals surface area (Å²) in [4.78, 5) is 17.2. The Balaban J connectivity index is 1.71. The van der Waals surface area contributed by atoms with Crippen LogP contribution in [0.15, 0.2) is 53.9 Å². The van der Waals surface area contributed by atoms with Crippen molar-refractivity contribution in [3.05, 3.63) is 65.0 Å². The maximum atomic E-state index is 12.6. The first kappa shape index (κ1) is 32.0. The molecule has 4 N–H and O–H groups in total. The fourth-order valence-electron chi connectivity index (χ4n) is 5.58. The van der Waals surface area contributed by atoms with E-state index in [0.29, 0.717) is 45.6 Å². The maximum Gasteiger partial charge on any atom is 0.244 e. The zero-order chi connectivity index (χ0) is 32.7. The van der Waals surface area contributed by atoms with E-state index in [0.717, 1.165) is 23.9 Å². The van der Waals surface area contributed by atoms with E-state index in [1.54, 1.807) is 36.3 Å². The normalized spacial score (nSPS) is 18.6. The highest BCUT2D eigenvalue weighted by atomic mass is 32.2. The molecule has 0 radical (unpaired) electrons. The molecule has 3 aromatic rings. The number of carbonyl (C=O) groups is 1. The molecule has 2 heterocycles. The molecule has 2 aliphatic rings. The second-order valence-corrected chi connectivity index (χ2v) is 14.6. The Labute approximate surface area is 264 Å². The number of anilines is 2. The third-order valence-corrected chi connectivity index (χ3v) is 8.95. The molecular weight excluding hydrogens is 594 g/mol.